The molecule has 1 aromatic rings. The monoisotopic (exact) mass is 234 g/mol. The van der Waals surface area contributed by atoms with Crippen molar-refractivity contribution >= 4 is 5.69 Å². The molecule has 1 aliphatic heterocycles. The average Bonchev–Trinajstić information content (AvgIpc) is 2.32. The van der Waals surface area contributed by atoms with E-state index in [2.05, 4.69) is 28.9 Å². The van der Waals surface area contributed by atoms with Crippen molar-refractivity contribution in [2.24, 2.45) is 0 Å². The molecule has 4 heteroatoms. The zero-order valence-corrected chi connectivity index (χ0v) is 10.8. The standard InChI is InChI=1S/C13H22N4/c1-16(2)13-4-3-7-17(10-13)9-12-6-5-11(14)8-15-12/h5-6,8,13H,3-4,7,9-10,14H2,1-2H3. The number of hydrogen-bond donors (Lipinski definition) is 1. The molecule has 1 aromatic heterocycles. The van der Waals surface area contributed by atoms with Gasteiger partial charge in [-0.1, -0.05) is 0 Å². The van der Waals surface area contributed by atoms with Crippen LogP contribution in [0.5, 0.6) is 0 Å². The number of likely N-dealkylation sites (tertiary alicyclic amines) is 1. The van der Waals surface area contributed by atoms with Crippen LogP contribution in [0, 0.1) is 0 Å². The van der Waals surface area contributed by atoms with E-state index in [9.17, 15) is 0 Å². The summed E-state index contributed by atoms with van der Waals surface area (Å²) in [4.78, 5) is 9.16. The van der Waals surface area contributed by atoms with E-state index in [1.165, 1.54) is 19.4 Å². The summed E-state index contributed by atoms with van der Waals surface area (Å²) in [5.74, 6) is 0. The molecule has 0 spiro atoms. The lowest BCUT2D eigenvalue weighted by Crippen LogP contribution is -2.44. The smallest absolute Gasteiger partial charge is 0.0545 e. The molecule has 17 heavy (non-hydrogen) atoms. The molecule has 2 rings (SSSR count). The van der Waals surface area contributed by atoms with Crippen molar-refractivity contribution in [3.05, 3.63) is 24.0 Å². The van der Waals surface area contributed by atoms with Gasteiger partial charge in [0.25, 0.3) is 0 Å². The first-order chi connectivity index (χ1) is 8.15. The summed E-state index contributed by atoms with van der Waals surface area (Å²) >= 11 is 0. The molecule has 0 aliphatic carbocycles. The van der Waals surface area contributed by atoms with E-state index >= 15 is 0 Å². The molecule has 2 N–H and O–H groups in total. The number of rotatable bonds is 3. The van der Waals surface area contributed by atoms with Gasteiger partial charge in [-0.15, -0.1) is 0 Å². The molecule has 1 unspecified atom stereocenters. The van der Waals surface area contributed by atoms with Gasteiger partial charge in [-0.05, 0) is 45.6 Å². The maximum atomic E-state index is 5.64. The van der Waals surface area contributed by atoms with Crippen molar-refractivity contribution in [1.82, 2.24) is 14.8 Å². The van der Waals surface area contributed by atoms with Gasteiger partial charge in [0, 0.05) is 19.1 Å². The summed E-state index contributed by atoms with van der Waals surface area (Å²) in [6, 6.07) is 4.63. The van der Waals surface area contributed by atoms with Gasteiger partial charge in [0.05, 0.1) is 17.6 Å². The van der Waals surface area contributed by atoms with Gasteiger partial charge < -0.3 is 10.6 Å². The highest BCUT2D eigenvalue weighted by Gasteiger charge is 2.21. The number of piperidine rings is 1. The number of nitrogens with two attached hydrogens (primary N) is 1. The fraction of sp³-hybridized carbons (Fsp3) is 0.615. The van der Waals surface area contributed by atoms with Gasteiger partial charge in [-0.3, -0.25) is 9.88 Å². The predicted octanol–water partition coefficient (Wildman–Crippen LogP) is 1.19. The molecular formula is C13H22N4. The lowest BCUT2D eigenvalue weighted by atomic mass is 10.0. The second-order valence-corrected chi connectivity index (χ2v) is 5.08. The van der Waals surface area contributed by atoms with Gasteiger partial charge in [0.15, 0.2) is 0 Å². The van der Waals surface area contributed by atoms with Crippen LogP contribution in [0.3, 0.4) is 0 Å². The van der Waals surface area contributed by atoms with Crippen LogP contribution >= 0.6 is 0 Å². The van der Waals surface area contributed by atoms with E-state index in [0.717, 1.165) is 24.5 Å². The van der Waals surface area contributed by atoms with E-state index in [4.69, 9.17) is 5.73 Å². The number of pyridine rings is 1. The zero-order chi connectivity index (χ0) is 12.3. The number of nitrogens with zero attached hydrogens (tertiary/aromatic N) is 3. The van der Waals surface area contributed by atoms with Gasteiger partial charge >= 0.3 is 0 Å². The zero-order valence-electron chi connectivity index (χ0n) is 10.8. The largest absolute Gasteiger partial charge is 0.397 e. The van der Waals surface area contributed by atoms with Crippen LogP contribution in [-0.2, 0) is 6.54 Å². The minimum absolute atomic E-state index is 0.678. The molecule has 0 bridgehead atoms. The normalized spacial score (nSPS) is 21.9. The molecule has 1 aliphatic rings. The summed E-state index contributed by atoms with van der Waals surface area (Å²) in [6.07, 6.45) is 4.32. The van der Waals surface area contributed by atoms with Crippen molar-refractivity contribution in [2.75, 3.05) is 32.9 Å². The minimum atomic E-state index is 0.678. The number of aromatic nitrogens is 1. The molecule has 1 saturated heterocycles. The predicted molar refractivity (Wildman–Crippen MR) is 70.6 cm³/mol. The Morgan fingerprint density at radius 1 is 1.47 bits per heavy atom. The third-order valence-electron chi connectivity index (χ3n) is 3.44. The highest BCUT2D eigenvalue weighted by atomic mass is 15.2. The number of anilines is 1. The first-order valence-electron chi connectivity index (χ1n) is 6.24. The number of likely N-dealkylation sites (N-methyl/N-ethyl adjacent to an activating group) is 1. The molecule has 4 nitrogen and oxygen atoms in total. The number of hydrogen-bond acceptors (Lipinski definition) is 4. The van der Waals surface area contributed by atoms with Crippen LogP contribution < -0.4 is 5.73 Å². The van der Waals surface area contributed by atoms with Crippen LogP contribution in [0.15, 0.2) is 18.3 Å². The van der Waals surface area contributed by atoms with Crippen LogP contribution in [0.4, 0.5) is 5.69 Å². The molecule has 2 heterocycles. The Morgan fingerprint density at radius 3 is 2.94 bits per heavy atom. The maximum Gasteiger partial charge on any atom is 0.0545 e. The summed E-state index contributed by atoms with van der Waals surface area (Å²) in [5.41, 5.74) is 7.48. The van der Waals surface area contributed by atoms with Crippen molar-refractivity contribution < 1.29 is 0 Å². The quantitative estimate of drug-likeness (QED) is 0.853. The van der Waals surface area contributed by atoms with E-state index < -0.39 is 0 Å². The first kappa shape index (κ1) is 12.3. The summed E-state index contributed by atoms with van der Waals surface area (Å²) < 4.78 is 0. The average molecular weight is 234 g/mol. The van der Waals surface area contributed by atoms with Crippen LogP contribution in [0.25, 0.3) is 0 Å². The second-order valence-electron chi connectivity index (χ2n) is 5.08. The highest BCUT2D eigenvalue weighted by Crippen LogP contribution is 2.15. The fourth-order valence-corrected chi connectivity index (χ4v) is 2.35. The van der Waals surface area contributed by atoms with Gasteiger partial charge in [0.2, 0.25) is 0 Å². The number of nitrogen functional groups attached to an aromatic ring is 1. The fourth-order valence-electron chi connectivity index (χ4n) is 2.35. The Morgan fingerprint density at radius 2 is 2.29 bits per heavy atom. The summed E-state index contributed by atoms with van der Waals surface area (Å²) in [5, 5.41) is 0. The Hall–Kier alpha value is -1.13. The lowest BCUT2D eigenvalue weighted by Gasteiger charge is -2.35. The van der Waals surface area contributed by atoms with E-state index in [1.54, 1.807) is 6.20 Å². The summed E-state index contributed by atoms with van der Waals surface area (Å²) in [6.45, 7) is 3.25. The summed E-state index contributed by atoms with van der Waals surface area (Å²) in [7, 11) is 4.32. The van der Waals surface area contributed by atoms with E-state index in [1.807, 2.05) is 12.1 Å². The third-order valence-corrected chi connectivity index (χ3v) is 3.44. The Balaban J connectivity index is 1.92. The lowest BCUT2D eigenvalue weighted by molar-refractivity contribution is 0.127. The van der Waals surface area contributed by atoms with Gasteiger partial charge in [-0.2, -0.15) is 0 Å². The molecule has 0 aromatic carbocycles. The molecule has 0 radical (unpaired) electrons. The molecular weight excluding hydrogens is 212 g/mol. The molecule has 0 amide bonds. The molecule has 1 atom stereocenters. The van der Waals surface area contributed by atoms with E-state index in [-0.39, 0.29) is 0 Å². The van der Waals surface area contributed by atoms with Crippen molar-refractivity contribution in [3.63, 3.8) is 0 Å². The van der Waals surface area contributed by atoms with Crippen molar-refractivity contribution in [3.8, 4) is 0 Å². The first-order valence-corrected chi connectivity index (χ1v) is 6.24. The highest BCUT2D eigenvalue weighted by molar-refractivity contribution is 5.34. The van der Waals surface area contributed by atoms with Crippen LogP contribution in [-0.4, -0.2) is 48.0 Å². The SMILES string of the molecule is CN(C)C1CCCN(Cc2ccc(N)cn2)C1. The Bertz CT molecular complexity index is 347. The Kier molecular flexibility index (Phi) is 3.97. The minimum Gasteiger partial charge on any atom is -0.397 e. The van der Waals surface area contributed by atoms with Crippen molar-refractivity contribution in [2.45, 2.75) is 25.4 Å². The van der Waals surface area contributed by atoms with Gasteiger partial charge in [-0.25, -0.2) is 0 Å². The van der Waals surface area contributed by atoms with E-state index in [0.29, 0.717) is 6.04 Å². The third kappa shape index (κ3) is 3.41. The molecule has 0 saturated carbocycles. The maximum absolute atomic E-state index is 5.64. The van der Waals surface area contributed by atoms with Crippen LogP contribution in [0.2, 0.25) is 0 Å². The Labute approximate surface area is 103 Å². The molecule has 94 valence electrons. The van der Waals surface area contributed by atoms with Crippen LogP contribution in [0.1, 0.15) is 18.5 Å². The topological polar surface area (TPSA) is 45.4 Å². The second kappa shape index (κ2) is 5.47. The van der Waals surface area contributed by atoms with Crippen molar-refractivity contribution in [1.29, 1.82) is 0 Å². The molecule has 1 fully saturated rings. The van der Waals surface area contributed by atoms with Gasteiger partial charge in [0.1, 0.15) is 0 Å².